The van der Waals surface area contributed by atoms with Crippen LogP contribution in [0.25, 0.3) is 0 Å². The fourth-order valence-corrected chi connectivity index (χ4v) is 4.90. The van der Waals surface area contributed by atoms with Gasteiger partial charge >= 0.3 is 6.09 Å². The molecule has 0 spiro atoms. The van der Waals surface area contributed by atoms with Crippen LogP contribution in [0.2, 0.25) is 0 Å². The molecule has 168 valence electrons. The van der Waals surface area contributed by atoms with Gasteiger partial charge in [0, 0.05) is 23.5 Å². The maximum Gasteiger partial charge on any atom is 0.409 e. The van der Waals surface area contributed by atoms with Gasteiger partial charge in [-0.1, -0.05) is 22.9 Å². The second-order valence-electron chi connectivity index (χ2n) is 9.09. The van der Waals surface area contributed by atoms with E-state index in [9.17, 15) is 4.79 Å². The van der Waals surface area contributed by atoms with Gasteiger partial charge in [0.2, 0.25) is 0 Å². The molecule has 5 nitrogen and oxygen atoms in total. The molecule has 6 heteroatoms. The van der Waals surface area contributed by atoms with Crippen molar-refractivity contribution in [3.8, 4) is 5.75 Å². The molecule has 1 atom stereocenters. The maximum atomic E-state index is 11.8. The van der Waals surface area contributed by atoms with Crippen LogP contribution >= 0.6 is 15.9 Å². The number of halogens is 1. The molecule has 1 unspecified atom stereocenters. The summed E-state index contributed by atoms with van der Waals surface area (Å²) in [5, 5.41) is 0. The van der Waals surface area contributed by atoms with Crippen molar-refractivity contribution in [1.82, 2.24) is 9.80 Å². The highest BCUT2D eigenvalue weighted by Gasteiger charge is 2.27. The van der Waals surface area contributed by atoms with Gasteiger partial charge in [-0.2, -0.15) is 0 Å². The van der Waals surface area contributed by atoms with Gasteiger partial charge in [-0.05, 0) is 95.3 Å². The number of benzene rings is 1. The Hall–Kier alpha value is -1.27. The van der Waals surface area contributed by atoms with Crippen LogP contribution in [0.5, 0.6) is 5.75 Å². The van der Waals surface area contributed by atoms with Gasteiger partial charge < -0.3 is 19.3 Å². The second-order valence-corrected chi connectivity index (χ2v) is 9.94. The third kappa shape index (κ3) is 6.88. The molecule has 2 fully saturated rings. The lowest BCUT2D eigenvalue weighted by atomic mass is 9.90. The Kier molecular flexibility index (Phi) is 8.87. The number of carbonyl (C=O) groups is 1. The molecule has 30 heavy (non-hydrogen) atoms. The van der Waals surface area contributed by atoms with E-state index >= 15 is 0 Å². The van der Waals surface area contributed by atoms with Crippen molar-refractivity contribution in [3.63, 3.8) is 0 Å². The van der Waals surface area contributed by atoms with Crippen LogP contribution in [0, 0.1) is 11.8 Å². The summed E-state index contributed by atoms with van der Waals surface area (Å²) < 4.78 is 12.4. The van der Waals surface area contributed by atoms with Gasteiger partial charge in [0.1, 0.15) is 5.75 Å². The SMILES string of the molecule is CCCN1CC(CCN2CCC(Cc3cc(OC(C)C)ccc3Br)CC2)COC1=O. The fraction of sp³-hybridized carbons (Fsp3) is 0.708. The smallest absolute Gasteiger partial charge is 0.409 e. The van der Waals surface area contributed by atoms with E-state index in [2.05, 4.69) is 53.7 Å². The van der Waals surface area contributed by atoms with Gasteiger partial charge in [0.25, 0.3) is 0 Å². The minimum absolute atomic E-state index is 0.136. The van der Waals surface area contributed by atoms with Crippen molar-refractivity contribution < 1.29 is 14.3 Å². The van der Waals surface area contributed by atoms with Crippen molar-refractivity contribution in [2.24, 2.45) is 11.8 Å². The summed E-state index contributed by atoms with van der Waals surface area (Å²) in [4.78, 5) is 16.3. The Bertz CT molecular complexity index is 689. The van der Waals surface area contributed by atoms with Crippen molar-refractivity contribution in [1.29, 1.82) is 0 Å². The zero-order chi connectivity index (χ0) is 21.5. The van der Waals surface area contributed by atoms with Gasteiger partial charge in [-0.3, -0.25) is 0 Å². The van der Waals surface area contributed by atoms with Crippen LogP contribution in [-0.2, 0) is 11.2 Å². The summed E-state index contributed by atoms with van der Waals surface area (Å²) in [6.45, 7) is 11.9. The lowest BCUT2D eigenvalue weighted by Gasteiger charge is -2.35. The number of ether oxygens (including phenoxy) is 2. The number of hydrogen-bond donors (Lipinski definition) is 0. The Balaban J connectivity index is 1.41. The Labute approximate surface area is 190 Å². The summed E-state index contributed by atoms with van der Waals surface area (Å²) >= 11 is 3.72. The van der Waals surface area contributed by atoms with Gasteiger partial charge in [-0.25, -0.2) is 4.79 Å². The normalized spacial score (nSPS) is 21.2. The first-order valence-electron chi connectivity index (χ1n) is 11.5. The highest BCUT2D eigenvalue weighted by Crippen LogP contribution is 2.29. The van der Waals surface area contributed by atoms with Crippen molar-refractivity contribution in [2.45, 2.75) is 59.0 Å². The number of nitrogens with zero attached hydrogens (tertiary/aromatic N) is 2. The molecule has 2 heterocycles. The Morgan fingerprint density at radius 3 is 2.67 bits per heavy atom. The van der Waals surface area contributed by atoms with Crippen LogP contribution in [0.1, 0.15) is 52.0 Å². The molecule has 1 aromatic carbocycles. The number of amides is 1. The summed E-state index contributed by atoms with van der Waals surface area (Å²) in [6.07, 6.45) is 5.74. The average Bonchev–Trinajstić information content (AvgIpc) is 2.72. The lowest BCUT2D eigenvalue weighted by molar-refractivity contribution is 0.0363. The van der Waals surface area contributed by atoms with Crippen molar-refractivity contribution in [3.05, 3.63) is 28.2 Å². The fourth-order valence-electron chi connectivity index (χ4n) is 4.49. The van der Waals surface area contributed by atoms with E-state index in [1.165, 1.54) is 22.9 Å². The summed E-state index contributed by atoms with van der Waals surface area (Å²) in [7, 11) is 0. The van der Waals surface area contributed by atoms with Crippen LogP contribution in [-0.4, -0.2) is 61.3 Å². The second kappa shape index (κ2) is 11.4. The third-order valence-electron chi connectivity index (χ3n) is 6.13. The lowest BCUT2D eigenvalue weighted by Crippen LogP contribution is -2.44. The number of cyclic esters (lactones) is 1. The first-order chi connectivity index (χ1) is 14.4. The Morgan fingerprint density at radius 1 is 1.20 bits per heavy atom. The number of likely N-dealkylation sites (tertiary alicyclic amines) is 1. The monoisotopic (exact) mass is 480 g/mol. The van der Waals surface area contributed by atoms with E-state index in [0.29, 0.717) is 12.5 Å². The van der Waals surface area contributed by atoms with E-state index in [0.717, 1.165) is 63.7 Å². The molecular formula is C24H37BrN2O3. The molecule has 0 aromatic heterocycles. The molecule has 1 aromatic rings. The largest absolute Gasteiger partial charge is 0.491 e. The molecule has 0 saturated carbocycles. The summed E-state index contributed by atoms with van der Waals surface area (Å²) in [6, 6.07) is 6.35. The molecule has 2 saturated heterocycles. The summed E-state index contributed by atoms with van der Waals surface area (Å²) in [5.41, 5.74) is 1.35. The molecule has 0 bridgehead atoms. The number of carbonyl (C=O) groups excluding carboxylic acids is 1. The van der Waals surface area contributed by atoms with E-state index < -0.39 is 0 Å². The van der Waals surface area contributed by atoms with Gasteiger partial charge in [0.15, 0.2) is 0 Å². The van der Waals surface area contributed by atoms with Crippen LogP contribution < -0.4 is 4.74 Å². The van der Waals surface area contributed by atoms with Crippen LogP contribution in [0.15, 0.2) is 22.7 Å². The minimum Gasteiger partial charge on any atom is -0.491 e. The topological polar surface area (TPSA) is 42.0 Å². The number of rotatable bonds is 9. The highest BCUT2D eigenvalue weighted by atomic mass is 79.9. The van der Waals surface area contributed by atoms with E-state index in [1.807, 2.05) is 11.0 Å². The average molecular weight is 481 g/mol. The first kappa shape index (κ1) is 23.4. The van der Waals surface area contributed by atoms with Crippen LogP contribution in [0.4, 0.5) is 4.79 Å². The van der Waals surface area contributed by atoms with Crippen molar-refractivity contribution in [2.75, 3.05) is 39.3 Å². The molecule has 3 rings (SSSR count). The molecule has 0 aliphatic carbocycles. The van der Waals surface area contributed by atoms with Gasteiger partial charge in [-0.15, -0.1) is 0 Å². The van der Waals surface area contributed by atoms with Crippen LogP contribution in [0.3, 0.4) is 0 Å². The van der Waals surface area contributed by atoms with Gasteiger partial charge in [0.05, 0.1) is 12.7 Å². The van der Waals surface area contributed by atoms with E-state index in [1.54, 1.807) is 0 Å². The van der Waals surface area contributed by atoms with Crippen molar-refractivity contribution >= 4 is 22.0 Å². The predicted octanol–water partition coefficient (Wildman–Crippen LogP) is 5.36. The molecule has 1 amide bonds. The molecule has 0 N–H and O–H groups in total. The Morgan fingerprint density at radius 2 is 1.97 bits per heavy atom. The molecule has 0 radical (unpaired) electrons. The number of hydrogen-bond acceptors (Lipinski definition) is 4. The number of piperidine rings is 1. The quantitative estimate of drug-likeness (QED) is 0.476. The predicted molar refractivity (Wildman–Crippen MR) is 124 cm³/mol. The zero-order valence-electron chi connectivity index (χ0n) is 18.7. The first-order valence-corrected chi connectivity index (χ1v) is 12.3. The maximum absolute atomic E-state index is 11.8. The molecule has 2 aliphatic heterocycles. The molecular weight excluding hydrogens is 444 g/mol. The molecule has 2 aliphatic rings. The van der Waals surface area contributed by atoms with E-state index in [-0.39, 0.29) is 12.2 Å². The summed E-state index contributed by atoms with van der Waals surface area (Å²) in [5.74, 6) is 2.15. The zero-order valence-corrected chi connectivity index (χ0v) is 20.3. The minimum atomic E-state index is -0.136. The highest BCUT2D eigenvalue weighted by molar-refractivity contribution is 9.10. The third-order valence-corrected chi connectivity index (χ3v) is 6.90. The van der Waals surface area contributed by atoms with E-state index in [4.69, 9.17) is 9.47 Å². The standard InChI is InChI=1S/C24H37BrN2O3/c1-4-10-27-16-20(17-29-24(27)28)9-13-26-11-7-19(8-12-26)14-21-15-22(30-18(2)3)5-6-23(21)25/h5-6,15,18-20H,4,7-14,16-17H2,1-3H3.